The monoisotopic (exact) mass is 272 g/mol. The van der Waals surface area contributed by atoms with E-state index >= 15 is 0 Å². The van der Waals surface area contributed by atoms with Gasteiger partial charge in [-0.15, -0.1) is 0 Å². The van der Waals surface area contributed by atoms with Gasteiger partial charge in [-0.1, -0.05) is 0 Å². The fourth-order valence-electron chi connectivity index (χ4n) is 1.85. The van der Waals surface area contributed by atoms with Gasteiger partial charge in [-0.2, -0.15) is 0 Å². The Morgan fingerprint density at radius 2 is 2.20 bits per heavy atom. The summed E-state index contributed by atoms with van der Waals surface area (Å²) in [6.07, 6.45) is 2.85. The van der Waals surface area contributed by atoms with Crippen molar-refractivity contribution in [3.63, 3.8) is 0 Å². The molecule has 0 fully saturated rings. The molecular formula is C13H12N4O3. The van der Waals surface area contributed by atoms with Gasteiger partial charge in [-0.05, 0) is 6.07 Å². The minimum absolute atomic E-state index is 0.125. The number of hydrogen-bond acceptors (Lipinski definition) is 5. The summed E-state index contributed by atoms with van der Waals surface area (Å²) in [6.45, 7) is 0. The van der Waals surface area contributed by atoms with E-state index in [0.29, 0.717) is 16.8 Å². The smallest absolute Gasteiger partial charge is 0.270 e. The second kappa shape index (κ2) is 5.35. The Balaban J connectivity index is 2.68. The largest absolute Gasteiger partial charge is 0.404 e. The Morgan fingerprint density at radius 3 is 2.80 bits per heavy atom. The normalized spacial score (nSPS) is 12.2. The molecule has 1 aromatic carbocycles. The lowest BCUT2D eigenvalue weighted by Gasteiger charge is -2.04. The van der Waals surface area contributed by atoms with Crippen molar-refractivity contribution in [2.24, 2.45) is 10.7 Å². The first kappa shape index (κ1) is 13.5. The maximum Gasteiger partial charge on any atom is 0.270 e. The van der Waals surface area contributed by atoms with Gasteiger partial charge in [0.15, 0.2) is 5.43 Å². The lowest BCUT2D eigenvalue weighted by Crippen LogP contribution is -2.06. The molecule has 0 amide bonds. The molecule has 2 aromatic rings. The number of nitrogens with two attached hydrogens (primary N) is 1. The molecule has 1 aromatic heterocycles. The summed E-state index contributed by atoms with van der Waals surface area (Å²) in [6, 6.07) is 5.42. The molecule has 0 spiro atoms. The molecule has 7 heteroatoms. The number of aliphatic imine (C=N–C) groups is 1. The predicted molar refractivity (Wildman–Crippen MR) is 77.8 cm³/mol. The molecule has 0 aliphatic rings. The standard InChI is InChI=1S/C13H12N4O3/c1-15-7-8(6-14)12-5-13(18)10-4-9(17(19)20)2-3-11(10)16-12/h2-7H,14H2,1H3,(H,16,18)/b8-6+,15-7?. The van der Waals surface area contributed by atoms with Crippen LogP contribution in [0, 0.1) is 10.1 Å². The van der Waals surface area contributed by atoms with Gasteiger partial charge in [-0.25, -0.2) is 0 Å². The highest BCUT2D eigenvalue weighted by Gasteiger charge is 2.10. The van der Waals surface area contributed by atoms with Gasteiger partial charge in [0, 0.05) is 43.2 Å². The molecule has 0 aliphatic heterocycles. The van der Waals surface area contributed by atoms with E-state index in [4.69, 9.17) is 5.73 Å². The molecule has 0 bridgehead atoms. The zero-order valence-electron chi connectivity index (χ0n) is 10.7. The van der Waals surface area contributed by atoms with E-state index < -0.39 is 4.92 Å². The summed E-state index contributed by atoms with van der Waals surface area (Å²) >= 11 is 0. The first-order valence-corrected chi connectivity index (χ1v) is 5.72. The topological polar surface area (TPSA) is 114 Å². The van der Waals surface area contributed by atoms with E-state index in [1.54, 1.807) is 7.05 Å². The number of rotatable bonds is 3. The van der Waals surface area contributed by atoms with Crippen LogP contribution >= 0.6 is 0 Å². The Labute approximate surface area is 113 Å². The number of allylic oxidation sites excluding steroid dienone is 1. The van der Waals surface area contributed by atoms with Crippen LogP contribution in [-0.2, 0) is 0 Å². The fourth-order valence-corrected chi connectivity index (χ4v) is 1.85. The average Bonchev–Trinajstić information content (AvgIpc) is 2.44. The average molecular weight is 272 g/mol. The van der Waals surface area contributed by atoms with Gasteiger partial charge in [0.1, 0.15) is 0 Å². The Hall–Kier alpha value is -2.96. The summed E-state index contributed by atoms with van der Waals surface area (Å²) in [5.74, 6) is 0. The lowest BCUT2D eigenvalue weighted by molar-refractivity contribution is -0.384. The molecule has 2 rings (SSSR count). The summed E-state index contributed by atoms with van der Waals surface area (Å²) < 4.78 is 0. The minimum atomic E-state index is -0.540. The van der Waals surface area contributed by atoms with Crippen LogP contribution in [0.1, 0.15) is 5.69 Å². The van der Waals surface area contributed by atoms with Crippen molar-refractivity contribution in [3.8, 4) is 0 Å². The quantitative estimate of drug-likeness (QED) is 0.499. The van der Waals surface area contributed by atoms with Gasteiger partial charge in [0.25, 0.3) is 5.69 Å². The number of pyridine rings is 1. The van der Waals surface area contributed by atoms with E-state index in [2.05, 4.69) is 9.98 Å². The number of hydrogen-bond donors (Lipinski definition) is 2. The molecule has 102 valence electrons. The SMILES string of the molecule is CN=C/C(=C\N)c1cc(=O)c2cc([N+](=O)[O-])ccc2[nH]1. The van der Waals surface area contributed by atoms with Crippen molar-refractivity contribution in [2.75, 3.05) is 7.05 Å². The van der Waals surface area contributed by atoms with Gasteiger partial charge in [-0.3, -0.25) is 19.9 Å². The molecule has 0 radical (unpaired) electrons. The van der Waals surface area contributed by atoms with Gasteiger partial charge in [0.05, 0.1) is 21.5 Å². The summed E-state index contributed by atoms with van der Waals surface area (Å²) in [7, 11) is 1.59. The number of non-ortho nitro benzene ring substituents is 1. The maximum absolute atomic E-state index is 12.0. The van der Waals surface area contributed by atoms with Crippen LogP contribution in [0.4, 0.5) is 5.69 Å². The Kier molecular flexibility index (Phi) is 3.60. The number of nitrogens with zero attached hydrogens (tertiary/aromatic N) is 2. The molecule has 3 N–H and O–H groups in total. The van der Waals surface area contributed by atoms with Crippen molar-refractivity contribution in [2.45, 2.75) is 0 Å². The first-order chi connectivity index (χ1) is 9.56. The molecule has 1 heterocycles. The number of nitro benzene ring substituents is 1. The van der Waals surface area contributed by atoms with Crippen LogP contribution in [0.5, 0.6) is 0 Å². The third kappa shape index (κ3) is 2.41. The molecule has 20 heavy (non-hydrogen) atoms. The van der Waals surface area contributed by atoms with Crippen LogP contribution in [-0.4, -0.2) is 23.2 Å². The highest BCUT2D eigenvalue weighted by molar-refractivity contribution is 6.09. The zero-order valence-corrected chi connectivity index (χ0v) is 10.7. The van der Waals surface area contributed by atoms with E-state index in [-0.39, 0.29) is 16.5 Å². The molecule has 0 aliphatic carbocycles. The van der Waals surface area contributed by atoms with E-state index in [1.165, 1.54) is 36.7 Å². The molecule has 0 atom stereocenters. The van der Waals surface area contributed by atoms with E-state index in [9.17, 15) is 14.9 Å². The third-order valence-corrected chi connectivity index (χ3v) is 2.78. The van der Waals surface area contributed by atoms with Crippen molar-refractivity contribution >= 4 is 28.4 Å². The number of nitro groups is 1. The predicted octanol–water partition coefficient (Wildman–Crippen LogP) is 1.44. The fraction of sp³-hybridized carbons (Fsp3) is 0.0769. The van der Waals surface area contributed by atoms with Crippen molar-refractivity contribution < 1.29 is 4.92 Å². The van der Waals surface area contributed by atoms with Crippen molar-refractivity contribution in [3.05, 3.63) is 56.5 Å². The molecule has 0 saturated heterocycles. The molecular weight excluding hydrogens is 260 g/mol. The van der Waals surface area contributed by atoms with Gasteiger partial charge < -0.3 is 10.7 Å². The third-order valence-electron chi connectivity index (χ3n) is 2.78. The number of benzene rings is 1. The summed E-state index contributed by atoms with van der Waals surface area (Å²) in [4.78, 5) is 29.1. The number of aromatic amines is 1. The molecule has 0 unspecified atom stereocenters. The second-order valence-electron chi connectivity index (χ2n) is 4.04. The second-order valence-corrected chi connectivity index (χ2v) is 4.04. The maximum atomic E-state index is 12.0. The minimum Gasteiger partial charge on any atom is -0.404 e. The van der Waals surface area contributed by atoms with Gasteiger partial charge in [0.2, 0.25) is 0 Å². The summed E-state index contributed by atoms with van der Waals surface area (Å²) in [5, 5.41) is 11.0. The highest BCUT2D eigenvalue weighted by atomic mass is 16.6. The van der Waals surface area contributed by atoms with E-state index in [1.807, 2.05) is 0 Å². The van der Waals surface area contributed by atoms with Crippen LogP contribution in [0.25, 0.3) is 16.5 Å². The van der Waals surface area contributed by atoms with Crippen LogP contribution in [0.2, 0.25) is 0 Å². The number of aromatic nitrogens is 1. The van der Waals surface area contributed by atoms with Crippen molar-refractivity contribution in [1.82, 2.24) is 4.98 Å². The first-order valence-electron chi connectivity index (χ1n) is 5.72. The van der Waals surface area contributed by atoms with Gasteiger partial charge >= 0.3 is 0 Å². The zero-order chi connectivity index (χ0) is 14.7. The number of fused-ring (bicyclic) bond motifs is 1. The molecule has 7 nitrogen and oxygen atoms in total. The van der Waals surface area contributed by atoms with E-state index in [0.717, 1.165) is 0 Å². The summed E-state index contributed by atoms with van der Waals surface area (Å²) in [5.41, 5.74) is 6.61. The Morgan fingerprint density at radius 1 is 1.45 bits per heavy atom. The lowest BCUT2D eigenvalue weighted by atomic mass is 10.1. The van der Waals surface area contributed by atoms with Crippen LogP contribution < -0.4 is 11.2 Å². The number of nitrogens with one attached hydrogen (secondary N) is 1. The van der Waals surface area contributed by atoms with Crippen LogP contribution in [0.3, 0.4) is 0 Å². The highest BCUT2D eigenvalue weighted by Crippen LogP contribution is 2.18. The van der Waals surface area contributed by atoms with Crippen LogP contribution in [0.15, 0.2) is 40.3 Å². The van der Waals surface area contributed by atoms with Crippen molar-refractivity contribution in [1.29, 1.82) is 0 Å². The Bertz CT molecular complexity index is 790. The molecule has 0 saturated carbocycles. The number of H-pyrrole nitrogens is 1.